The van der Waals surface area contributed by atoms with Crippen LogP contribution in [0.5, 0.6) is 17.2 Å². The lowest BCUT2D eigenvalue weighted by molar-refractivity contribution is -0.147. The first-order valence-corrected chi connectivity index (χ1v) is 13.0. The fourth-order valence-electron chi connectivity index (χ4n) is 6.07. The van der Waals surface area contributed by atoms with Gasteiger partial charge in [0.1, 0.15) is 18.1 Å². The number of ether oxygens (including phenoxy) is 6. The van der Waals surface area contributed by atoms with E-state index in [0.29, 0.717) is 40.6 Å². The average Bonchev–Trinajstić information content (AvgIpc) is 3.58. The molecule has 0 saturated heterocycles. The van der Waals surface area contributed by atoms with E-state index in [1.165, 1.54) is 20.3 Å². The molecule has 4 aliphatic rings. The number of allylic oxidation sites excluding steroid dienone is 2. The van der Waals surface area contributed by atoms with Gasteiger partial charge in [0, 0.05) is 23.1 Å². The highest BCUT2D eigenvalue weighted by atomic mass is 16.7. The number of carbonyl (C=O) groups excluding carboxylic acids is 2. The van der Waals surface area contributed by atoms with E-state index in [2.05, 4.69) is 13.8 Å². The number of benzene rings is 2. The number of hydrogen-bond donors (Lipinski definition) is 0. The standard InChI is InChI=1S/C31H30O8/c1-17-12-20-13-22(34-3)28(35-4)30(33)31(20)15-36-29-25(31)21(14-23-27(29)38-16-37-23)26(18(17)2)39-24(32)11-10-19-8-6-5-7-9-19/h5-11,13-14,17-18,26H,12,15-16H2,1-4H3/t17-,18-,26+,31+/m0/s1. The van der Waals surface area contributed by atoms with Crippen molar-refractivity contribution in [2.45, 2.75) is 31.8 Å². The van der Waals surface area contributed by atoms with Crippen molar-refractivity contribution >= 4 is 17.8 Å². The van der Waals surface area contributed by atoms with Crippen LogP contribution >= 0.6 is 0 Å². The molecule has 8 nitrogen and oxygen atoms in total. The normalized spacial score (nSPS) is 26.7. The number of ketones is 1. The minimum atomic E-state index is -1.17. The molecule has 8 heteroatoms. The molecule has 202 valence electrons. The quantitative estimate of drug-likeness (QED) is 0.393. The summed E-state index contributed by atoms with van der Waals surface area (Å²) in [7, 11) is 2.98. The summed E-state index contributed by atoms with van der Waals surface area (Å²) in [4.78, 5) is 27.4. The van der Waals surface area contributed by atoms with Gasteiger partial charge in [-0.3, -0.25) is 4.79 Å². The highest BCUT2D eigenvalue weighted by Gasteiger charge is 2.59. The van der Waals surface area contributed by atoms with Gasteiger partial charge in [-0.1, -0.05) is 44.2 Å². The number of Topliss-reactive ketones (excluding diaryl/α,β-unsaturated/α-hetero) is 1. The molecule has 0 bridgehead atoms. The second-order valence-electron chi connectivity index (χ2n) is 10.3. The van der Waals surface area contributed by atoms with Gasteiger partial charge >= 0.3 is 5.97 Å². The molecule has 0 aromatic heterocycles. The van der Waals surface area contributed by atoms with Crippen LogP contribution in [0.4, 0.5) is 0 Å². The SMILES string of the molecule is COC1=C(OC)C(=O)[C@@]23COc4c5c(cc(c42)[C@H](OC(=O)C=Cc2ccccc2)[C@@H](C)[C@@H](C)CC3=C1)OCO5. The summed E-state index contributed by atoms with van der Waals surface area (Å²) >= 11 is 0. The second-order valence-corrected chi connectivity index (χ2v) is 10.3. The Bertz CT molecular complexity index is 1440. The molecule has 2 aliphatic heterocycles. The van der Waals surface area contributed by atoms with Gasteiger partial charge in [-0.05, 0) is 41.7 Å². The molecule has 0 N–H and O–H groups in total. The van der Waals surface area contributed by atoms with Gasteiger partial charge in [0.25, 0.3) is 0 Å². The lowest BCUT2D eigenvalue weighted by Crippen LogP contribution is -2.46. The topological polar surface area (TPSA) is 89.5 Å². The van der Waals surface area contributed by atoms with Gasteiger partial charge in [0.2, 0.25) is 24.1 Å². The number of carbonyl (C=O) groups is 2. The minimum Gasteiger partial charge on any atom is -0.493 e. The highest BCUT2D eigenvalue weighted by Crippen LogP contribution is 2.61. The Hall–Kier alpha value is -4.20. The van der Waals surface area contributed by atoms with Crippen molar-refractivity contribution in [3.8, 4) is 17.2 Å². The van der Waals surface area contributed by atoms with Crippen LogP contribution in [0.2, 0.25) is 0 Å². The molecule has 0 amide bonds. The summed E-state index contributed by atoms with van der Waals surface area (Å²) in [5.41, 5.74) is 1.90. The number of hydrogen-bond acceptors (Lipinski definition) is 8. The van der Waals surface area contributed by atoms with Crippen LogP contribution < -0.4 is 14.2 Å². The van der Waals surface area contributed by atoms with Crippen molar-refractivity contribution in [3.63, 3.8) is 0 Å². The van der Waals surface area contributed by atoms with Crippen LogP contribution in [-0.2, 0) is 29.2 Å². The zero-order valence-electron chi connectivity index (χ0n) is 22.3. The first-order chi connectivity index (χ1) is 18.9. The molecule has 0 fully saturated rings. The summed E-state index contributed by atoms with van der Waals surface area (Å²) < 4.78 is 35.1. The Kier molecular flexibility index (Phi) is 6.13. The molecular weight excluding hydrogens is 500 g/mol. The van der Waals surface area contributed by atoms with Crippen LogP contribution in [0.3, 0.4) is 0 Å². The monoisotopic (exact) mass is 530 g/mol. The summed E-state index contributed by atoms with van der Waals surface area (Å²) in [5, 5.41) is 0. The van der Waals surface area contributed by atoms with Gasteiger partial charge in [-0.25, -0.2) is 4.79 Å². The smallest absolute Gasteiger partial charge is 0.331 e. The van der Waals surface area contributed by atoms with Crippen LogP contribution in [0.25, 0.3) is 6.08 Å². The number of rotatable bonds is 5. The predicted molar refractivity (Wildman–Crippen MR) is 141 cm³/mol. The first-order valence-electron chi connectivity index (χ1n) is 13.0. The van der Waals surface area contributed by atoms with E-state index >= 15 is 0 Å². The third kappa shape index (κ3) is 3.80. The van der Waals surface area contributed by atoms with Crippen LogP contribution in [0.1, 0.15) is 43.1 Å². The molecule has 2 aliphatic carbocycles. The first kappa shape index (κ1) is 25.1. The average molecular weight is 531 g/mol. The van der Waals surface area contributed by atoms with E-state index in [1.54, 1.807) is 6.08 Å². The van der Waals surface area contributed by atoms with Crippen molar-refractivity contribution in [1.82, 2.24) is 0 Å². The Balaban J connectivity index is 1.51. The molecule has 2 heterocycles. The van der Waals surface area contributed by atoms with Crippen LogP contribution in [0, 0.1) is 11.8 Å². The van der Waals surface area contributed by atoms with Crippen molar-refractivity contribution in [3.05, 3.63) is 82.3 Å². The maximum Gasteiger partial charge on any atom is 0.331 e. The lowest BCUT2D eigenvalue weighted by Gasteiger charge is -2.41. The summed E-state index contributed by atoms with van der Waals surface area (Å²) in [6.45, 7) is 4.26. The molecule has 0 unspecified atom stereocenters. The van der Waals surface area contributed by atoms with E-state index in [-0.39, 0.29) is 36.8 Å². The van der Waals surface area contributed by atoms with Crippen LogP contribution in [-0.4, -0.2) is 39.4 Å². The molecule has 0 radical (unpaired) electrons. The molecule has 2 aromatic rings. The molecular formula is C31H30O8. The largest absolute Gasteiger partial charge is 0.493 e. The fourth-order valence-corrected chi connectivity index (χ4v) is 6.07. The van der Waals surface area contributed by atoms with E-state index < -0.39 is 17.5 Å². The fraction of sp³-hybridized carbons (Fsp3) is 0.355. The van der Waals surface area contributed by atoms with Crippen LogP contribution in [0.15, 0.2) is 65.6 Å². The predicted octanol–water partition coefficient (Wildman–Crippen LogP) is 5.03. The lowest BCUT2D eigenvalue weighted by atomic mass is 9.62. The van der Waals surface area contributed by atoms with Gasteiger partial charge in [-0.2, -0.15) is 0 Å². The molecule has 0 saturated carbocycles. The molecule has 1 spiro atoms. The zero-order chi connectivity index (χ0) is 27.3. The van der Waals surface area contributed by atoms with E-state index in [0.717, 1.165) is 11.1 Å². The second kappa shape index (κ2) is 9.52. The number of fused-ring (bicyclic) bond motifs is 2. The summed E-state index contributed by atoms with van der Waals surface area (Å²) in [6.07, 6.45) is 4.95. The van der Waals surface area contributed by atoms with Gasteiger partial charge < -0.3 is 28.4 Å². The van der Waals surface area contributed by atoms with Gasteiger partial charge in [0.15, 0.2) is 17.3 Å². The molecule has 6 rings (SSSR count). The minimum absolute atomic E-state index is 0.0332. The summed E-state index contributed by atoms with van der Waals surface area (Å²) in [6, 6.07) is 11.4. The van der Waals surface area contributed by atoms with Crippen molar-refractivity contribution < 1.29 is 38.0 Å². The van der Waals surface area contributed by atoms with Gasteiger partial charge in [0.05, 0.1) is 14.2 Å². The van der Waals surface area contributed by atoms with E-state index in [9.17, 15) is 9.59 Å². The van der Waals surface area contributed by atoms with E-state index in [1.807, 2.05) is 42.5 Å². The maximum atomic E-state index is 14.3. The van der Waals surface area contributed by atoms with Crippen molar-refractivity contribution in [2.24, 2.45) is 11.8 Å². The number of methoxy groups -OCH3 is 2. The number of esters is 1. The molecule has 2 aromatic carbocycles. The third-order valence-corrected chi connectivity index (χ3v) is 8.28. The summed E-state index contributed by atoms with van der Waals surface area (Å²) in [5.74, 6) is 1.11. The van der Waals surface area contributed by atoms with Crippen molar-refractivity contribution in [1.29, 1.82) is 0 Å². The van der Waals surface area contributed by atoms with Gasteiger partial charge in [-0.15, -0.1) is 0 Å². The Morgan fingerprint density at radius 1 is 1.05 bits per heavy atom. The Labute approximate surface area is 226 Å². The molecule has 39 heavy (non-hydrogen) atoms. The third-order valence-electron chi connectivity index (χ3n) is 8.28. The Morgan fingerprint density at radius 2 is 1.85 bits per heavy atom. The Morgan fingerprint density at radius 3 is 2.59 bits per heavy atom. The maximum absolute atomic E-state index is 14.3. The van der Waals surface area contributed by atoms with Crippen molar-refractivity contribution in [2.75, 3.05) is 27.6 Å². The van der Waals surface area contributed by atoms with E-state index in [4.69, 9.17) is 28.4 Å². The zero-order valence-corrected chi connectivity index (χ0v) is 22.3. The highest BCUT2D eigenvalue weighted by molar-refractivity contribution is 6.08. The molecule has 4 atom stereocenters.